The molecule has 0 radical (unpaired) electrons. The van der Waals surface area contributed by atoms with Crippen molar-refractivity contribution < 1.29 is 14.7 Å². The van der Waals surface area contributed by atoms with E-state index in [-0.39, 0.29) is 12.5 Å². The first-order valence-corrected chi connectivity index (χ1v) is 6.82. The molecule has 1 aromatic carbocycles. The lowest BCUT2D eigenvalue weighted by molar-refractivity contribution is -0.146. The molecule has 1 aromatic heterocycles. The number of amides is 1. The van der Waals surface area contributed by atoms with Gasteiger partial charge >= 0.3 is 5.97 Å². The number of carbonyl (C=O) groups excluding carboxylic acids is 1. The van der Waals surface area contributed by atoms with Crippen molar-refractivity contribution in [2.75, 3.05) is 6.54 Å². The quantitative estimate of drug-likeness (QED) is 0.834. The second-order valence-corrected chi connectivity index (χ2v) is 5.62. The molecule has 0 saturated carbocycles. The maximum absolute atomic E-state index is 12.3. The van der Waals surface area contributed by atoms with Gasteiger partial charge in [-0.1, -0.05) is 18.2 Å². The van der Waals surface area contributed by atoms with Gasteiger partial charge in [-0.3, -0.25) is 9.59 Å². The Kier molecular flexibility index (Phi) is 4.55. The van der Waals surface area contributed by atoms with Crippen LogP contribution in [0.4, 0.5) is 0 Å². The predicted octanol–water partition coefficient (Wildman–Crippen LogP) is 1.17. The van der Waals surface area contributed by atoms with E-state index in [0.717, 1.165) is 5.56 Å². The number of hydrogen-bond acceptors (Lipinski definition) is 4. The second kappa shape index (κ2) is 6.38. The molecule has 2 aromatic rings. The van der Waals surface area contributed by atoms with Crippen LogP contribution < -0.4 is 5.32 Å². The lowest BCUT2D eigenvalue weighted by Gasteiger charge is -2.20. The molecule has 0 atom stereocenters. The Morgan fingerprint density at radius 3 is 2.68 bits per heavy atom. The Morgan fingerprint density at radius 2 is 2.05 bits per heavy atom. The van der Waals surface area contributed by atoms with Gasteiger partial charge in [-0.2, -0.15) is 5.10 Å². The highest BCUT2D eigenvalue weighted by atomic mass is 16.4. The van der Waals surface area contributed by atoms with E-state index in [2.05, 4.69) is 15.4 Å². The Bertz CT molecular complexity index is 665. The molecule has 7 heteroatoms. The summed E-state index contributed by atoms with van der Waals surface area (Å²) in [6.07, 6.45) is 3.00. The van der Waals surface area contributed by atoms with Gasteiger partial charge in [0, 0.05) is 12.1 Å². The monoisotopic (exact) mass is 302 g/mol. The number of aliphatic carboxylic acids is 1. The molecular weight excluding hydrogens is 284 g/mol. The van der Waals surface area contributed by atoms with E-state index in [1.54, 1.807) is 37.0 Å². The van der Waals surface area contributed by atoms with Crippen LogP contribution in [0.25, 0.3) is 0 Å². The Hall–Kier alpha value is -2.70. The van der Waals surface area contributed by atoms with Crippen LogP contribution in [0.2, 0.25) is 0 Å². The average molecular weight is 302 g/mol. The van der Waals surface area contributed by atoms with Crippen molar-refractivity contribution in [1.29, 1.82) is 0 Å². The highest BCUT2D eigenvalue weighted by molar-refractivity contribution is 5.96. The van der Waals surface area contributed by atoms with E-state index in [9.17, 15) is 9.59 Å². The van der Waals surface area contributed by atoms with Crippen LogP contribution in [-0.4, -0.2) is 38.3 Å². The number of benzene rings is 1. The molecular formula is C15H18N4O3. The van der Waals surface area contributed by atoms with Gasteiger partial charge in [0.15, 0.2) is 0 Å². The summed E-state index contributed by atoms with van der Waals surface area (Å²) in [5.41, 5.74) is 0.272. The lowest BCUT2D eigenvalue weighted by atomic mass is 9.93. The third-order valence-electron chi connectivity index (χ3n) is 3.33. The largest absolute Gasteiger partial charge is 0.481 e. The van der Waals surface area contributed by atoms with Gasteiger partial charge in [-0.05, 0) is 25.5 Å². The van der Waals surface area contributed by atoms with Crippen molar-refractivity contribution >= 4 is 11.9 Å². The van der Waals surface area contributed by atoms with Gasteiger partial charge in [0.2, 0.25) is 0 Å². The normalized spacial score (nSPS) is 11.2. The molecule has 0 spiro atoms. The molecule has 0 unspecified atom stereocenters. The van der Waals surface area contributed by atoms with E-state index in [1.165, 1.54) is 6.33 Å². The molecule has 22 heavy (non-hydrogen) atoms. The summed E-state index contributed by atoms with van der Waals surface area (Å²) in [7, 11) is 0. The van der Waals surface area contributed by atoms with Crippen LogP contribution in [-0.2, 0) is 11.3 Å². The van der Waals surface area contributed by atoms with Gasteiger partial charge < -0.3 is 10.4 Å². The fourth-order valence-corrected chi connectivity index (χ4v) is 1.84. The summed E-state index contributed by atoms with van der Waals surface area (Å²) in [4.78, 5) is 27.3. The minimum Gasteiger partial charge on any atom is -0.481 e. The highest BCUT2D eigenvalue weighted by Gasteiger charge is 2.28. The number of rotatable bonds is 6. The van der Waals surface area contributed by atoms with Crippen molar-refractivity contribution in [3.8, 4) is 0 Å². The van der Waals surface area contributed by atoms with Crippen molar-refractivity contribution in [1.82, 2.24) is 20.1 Å². The van der Waals surface area contributed by atoms with E-state index in [0.29, 0.717) is 12.1 Å². The molecule has 0 aliphatic heterocycles. The van der Waals surface area contributed by atoms with Gasteiger partial charge in [0.25, 0.3) is 5.91 Å². The Balaban J connectivity index is 2.11. The zero-order chi connectivity index (χ0) is 16.2. The average Bonchev–Trinajstić information content (AvgIpc) is 2.98. The van der Waals surface area contributed by atoms with Crippen molar-refractivity contribution in [3.05, 3.63) is 48.0 Å². The maximum Gasteiger partial charge on any atom is 0.310 e. The summed E-state index contributed by atoms with van der Waals surface area (Å²) >= 11 is 0. The topological polar surface area (TPSA) is 97.1 Å². The van der Waals surface area contributed by atoms with Crippen LogP contribution in [0, 0.1) is 5.41 Å². The summed E-state index contributed by atoms with van der Waals surface area (Å²) in [6, 6.07) is 7.14. The molecule has 1 heterocycles. The van der Waals surface area contributed by atoms with Gasteiger partial charge in [-0.25, -0.2) is 9.67 Å². The van der Waals surface area contributed by atoms with Gasteiger partial charge in [0.05, 0.1) is 12.0 Å². The molecule has 2 rings (SSSR count). The maximum atomic E-state index is 12.3. The lowest BCUT2D eigenvalue weighted by Crippen LogP contribution is -2.39. The van der Waals surface area contributed by atoms with Crippen LogP contribution >= 0.6 is 0 Å². The number of nitrogens with one attached hydrogen (secondary N) is 1. The van der Waals surface area contributed by atoms with Crippen molar-refractivity contribution in [3.63, 3.8) is 0 Å². The molecule has 0 saturated heterocycles. The Labute approximate surface area is 128 Å². The zero-order valence-electron chi connectivity index (χ0n) is 12.5. The minimum atomic E-state index is -1.02. The smallest absolute Gasteiger partial charge is 0.310 e. The number of carboxylic acid groups (broad SMARTS) is 1. The number of aromatic nitrogens is 3. The van der Waals surface area contributed by atoms with Crippen LogP contribution in [0.5, 0.6) is 0 Å². The standard InChI is InChI=1S/C15H18N4O3/c1-15(2,14(21)22)8-17-13(20)12-6-4-3-5-11(12)7-19-10-16-9-18-19/h3-6,9-10H,7-8H2,1-2H3,(H,17,20)(H,21,22). The van der Waals surface area contributed by atoms with Crippen molar-refractivity contribution in [2.24, 2.45) is 5.41 Å². The molecule has 116 valence electrons. The predicted molar refractivity (Wildman–Crippen MR) is 79.3 cm³/mol. The van der Waals surface area contributed by atoms with E-state index in [4.69, 9.17) is 5.11 Å². The molecule has 1 amide bonds. The molecule has 0 aliphatic rings. The van der Waals surface area contributed by atoms with E-state index >= 15 is 0 Å². The number of hydrogen-bond donors (Lipinski definition) is 2. The summed E-state index contributed by atoms with van der Waals surface area (Å²) in [5.74, 6) is -1.26. The molecule has 0 aliphatic carbocycles. The first kappa shape index (κ1) is 15.7. The highest BCUT2D eigenvalue weighted by Crippen LogP contribution is 2.15. The molecule has 2 N–H and O–H groups in total. The third-order valence-corrected chi connectivity index (χ3v) is 3.33. The summed E-state index contributed by atoms with van der Waals surface area (Å²) < 4.78 is 1.62. The summed E-state index contributed by atoms with van der Waals surface area (Å²) in [6.45, 7) is 3.61. The molecule has 0 fully saturated rings. The number of carbonyl (C=O) groups is 2. The first-order chi connectivity index (χ1) is 10.4. The van der Waals surface area contributed by atoms with Gasteiger partial charge in [-0.15, -0.1) is 0 Å². The molecule has 7 nitrogen and oxygen atoms in total. The van der Waals surface area contributed by atoms with Crippen LogP contribution in [0.3, 0.4) is 0 Å². The zero-order valence-corrected chi connectivity index (χ0v) is 12.5. The first-order valence-electron chi connectivity index (χ1n) is 6.82. The van der Waals surface area contributed by atoms with E-state index < -0.39 is 11.4 Å². The van der Waals surface area contributed by atoms with Gasteiger partial charge in [0.1, 0.15) is 12.7 Å². The molecule has 0 bridgehead atoms. The minimum absolute atomic E-state index is 0.0544. The number of carboxylic acids is 1. The second-order valence-electron chi connectivity index (χ2n) is 5.62. The SMILES string of the molecule is CC(C)(CNC(=O)c1ccccc1Cn1cncn1)C(=O)O. The fraction of sp³-hybridized carbons (Fsp3) is 0.333. The van der Waals surface area contributed by atoms with Crippen LogP contribution in [0.15, 0.2) is 36.9 Å². The fourth-order valence-electron chi connectivity index (χ4n) is 1.84. The number of nitrogens with zero attached hydrogens (tertiary/aromatic N) is 3. The summed E-state index contributed by atoms with van der Waals surface area (Å²) in [5, 5.41) is 15.8. The Morgan fingerprint density at radius 1 is 1.32 bits per heavy atom. The third kappa shape index (κ3) is 3.69. The van der Waals surface area contributed by atoms with Crippen LogP contribution in [0.1, 0.15) is 29.8 Å². The van der Waals surface area contributed by atoms with E-state index in [1.807, 2.05) is 12.1 Å². The van der Waals surface area contributed by atoms with Crippen molar-refractivity contribution in [2.45, 2.75) is 20.4 Å².